The van der Waals surface area contributed by atoms with E-state index in [-0.39, 0.29) is 18.5 Å². The van der Waals surface area contributed by atoms with Crippen LogP contribution in [0, 0.1) is 0 Å². The molecule has 1 fully saturated rings. The fraction of sp³-hybridized carbons (Fsp3) is 0.346. The van der Waals surface area contributed by atoms with Gasteiger partial charge in [0.15, 0.2) is 0 Å². The summed E-state index contributed by atoms with van der Waals surface area (Å²) in [6.07, 6.45) is 0. The first-order chi connectivity index (χ1) is 16.9. The van der Waals surface area contributed by atoms with Gasteiger partial charge in [0, 0.05) is 56.1 Å². The van der Waals surface area contributed by atoms with E-state index in [1.165, 1.54) is 4.90 Å². The number of benzene rings is 2. The van der Waals surface area contributed by atoms with Crippen molar-refractivity contribution in [3.8, 4) is 0 Å². The second-order valence-corrected chi connectivity index (χ2v) is 8.94. The largest absolute Gasteiger partial charge is 0.463 e. The molecular formula is C26H29ClN4O4. The number of piperazine rings is 1. The van der Waals surface area contributed by atoms with Crippen LogP contribution >= 0.6 is 11.6 Å². The van der Waals surface area contributed by atoms with Gasteiger partial charge in [0.05, 0.1) is 18.2 Å². The summed E-state index contributed by atoms with van der Waals surface area (Å²) in [5, 5.41) is 3.48. The molecule has 184 valence electrons. The van der Waals surface area contributed by atoms with E-state index in [2.05, 4.69) is 10.2 Å². The van der Waals surface area contributed by atoms with E-state index in [1.54, 1.807) is 38.2 Å². The average molecular weight is 497 g/mol. The molecule has 9 heteroatoms. The second-order valence-electron chi connectivity index (χ2n) is 8.51. The summed E-state index contributed by atoms with van der Waals surface area (Å²) in [4.78, 5) is 44.2. The van der Waals surface area contributed by atoms with Gasteiger partial charge < -0.3 is 15.0 Å². The molecule has 2 aromatic rings. The molecule has 3 amide bonds. The number of carbonyl (C=O) groups is 3. The van der Waals surface area contributed by atoms with E-state index in [4.69, 9.17) is 16.3 Å². The lowest BCUT2D eigenvalue weighted by Gasteiger charge is -2.39. The Morgan fingerprint density at radius 3 is 2.31 bits per heavy atom. The number of urea groups is 1. The fourth-order valence-corrected chi connectivity index (χ4v) is 4.51. The number of amides is 3. The van der Waals surface area contributed by atoms with Crippen LogP contribution in [0.2, 0.25) is 5.02 Å². The van der Waals surface area contributed by atoms with Gasteiger partial charge in [0.25, 0.3) is 5.91 Å². The van der Waals surface area contributed by atoms with Gasteiger partial charge in [0.1, 0.15) is 0 Å². The van der Waals surface area contributed by atoms with E-state index in [9.17, 15) is 14.4 Å². The lowest BCUT2D eigenvalue weighted by molar-refractivity contribution is -0.139. The van der Waals surface area contributed by atoms with Crippen LogP contribution in [0.25, 0.3) is 0 Å². The smallest absolute Gasteiger partial charge is 0.338 e. The molecule has 2 aromatic carbocycles. The third kappa shape index (κ3) is 5.49. The molecule has 0 saturated carbocycles. The van der Waals surface area contributed by atoms with E-state index < -0.39 is 12.0 Å². The normalized spacial score (nSPS) is 18.9. The highest BCUT2D eigenvalue weighted by molar-refractivity contribution is 6.30. The Labute approximate surface area is 210 Å². The van der Waals surface area contributed by atoms with Crippen molar-refractivity contribution in [3.05, 3.63) is 82.0 Å². The van der Waals surface area contributed by atoms with Crippen molar-refractivity contribution in [3.63, 3.8) is 0 Å². The standard InChI is InChI=1S/C26H29ClN4O4/c1-3-35-25(33)22-21(29(2)26(34)28-23(22)18-9-11-20(27)12-10-18)17-30-13-15-31(16-14-30)24(32)19-7-5-4-6-8-19/h4-12,23H,3,13-17H2,1-2H3,(H,28,34). The number of nitrogens with one attached hydrogen (secondary N) is 1. The average Bonchev–Trinajstić information content (AvgIpc) is 2.88. The number of rotatable bonds is 6. The molecule has 1 atom stereocenters. The van der Waals surface area contributed by atoms with Crippen LogP contribution in [0.4, 0.5) is 4.79 Å². The monoisotopic (exact) mass is 496 g/mol. The Kier molecular flexibility index (Phi) is 7.73. The van der Waals surface area contributed by atoms with Crippen LogP contribution in [0.5, 0.6) is 0 Å². The molecule has 2 aliphatic heterocycles. The molecule has 35 heavy (non-hydrogen) atoms. The highest BCUT2D eigenvalue weighted by Crippen LogP contribution is 2.32. The minimum Gasteiger partial charge on any atom is -0.463 e. The lowest BCUT2D eigenvalue weighted by atomic mass is 9.94. The van der Waals surface area contributed by atoms with E-state index in [0.29, 0.717) is 54.6 Å². The van der Waals surface area contributed by atoms with Crippen LogP contribution in [0.3, 0.4) is 0 Å². The number of ether oxygens (including phenoxy) is 1. The Bertz CT molecular complexity index is 1110. The molecule has 0 radical (unpaired) electrons. The summed E-state index contributed by atoms with van der Waals surface area (Å²) < 4.78 is 5.39. The lowest BCUT2D eigenvalue weighted by Crippen LogP contribution is -2.53. The van der Waals surface area contributed by atoms with Crippen molar-refractivity contribution in [1.29, 1.82) is 0 Å². The zero-order valence-electron chi connectivity index (χ0n) is 19.9. The topological polar surface area (TPSA) is 82.2 Å². The van der Waals surface area contributed by atoms with Crippen molar-refractivity contribution in [1.82, 2.24) is 20.0 Å². The SMILES string of the molecule is CCOC(=O)C1=C(CN2CCN(C(=O)c3ccccc3)CC2)N(C)C(=O)NC1c1ccc(Cl)cc1. The fourth-order valence-electron chi connectivity index (χ4n) is 4.39. The third-order valence-corrected chi connectivity index (χ3v) is 6.58. The van der Waals surface area contributed by atoms with E-state index >= 15 is 0 Å². The van der Waals surface area contributed by atoms with Crippen molar-refractivity contribution in [2.45, 2.75) is 13.0 Å². The number of halogens is 1. The molecule has 1 unspecified atom stereocenters. The van der Waals surface area contributed by atoms with Gasteiger partial charge in [0.2, 0.25) is 0 Å². The molecule has 2 aliphatic rings. The Hall–Kier alpha value is -3.36. The predicted molar refractivity (Wildman–Crippen MR) is 133 cm³/mol. The molecule has 1 saturated heterocycles. The summed E-state index contributed by atoms with van der Waals surface area (Å²) in [5.74, 6) is -0.458. The zero-order valence-corrected chi connectivity index (χ0v) is 20.6. The Morgan fingerprint density at radius 2 is 1.69 bits per heavy atom. The van der Waals surface area contributed by atoms with Gasteiger partial charge in [-0.2, -0.15) is 0 Å². The summed E-state index contributed by atoms with van der Waals surface area (Å²) in [5.41, 5.74) is 2.41. The summed E-state index contributed by atoms with van der Waals surface area (Å²) >= 11 is 6.05. The van der Waals surface area contributed by atoms with Crippen molar-refractivity contribution < 1.29 is 19.1 Å². The first-order valence-electron chi connectivity index (χ1n) is 11.7. The Morgan fingerprint density at radius 1 is 1.03 bits per heavy atom. The minimum absolute atomic E-state index is 0.00800. The molecule has 0 spiro atoms. The van der Waals surface area contributed by atoms with Gasteiger partial charge in [-0.05, 0) is 36.8 Å². The van der Waals surface area contributed by atoms with Gasteiger partial charge in [-0.1, -0.05) is 41.9 Å². The molecule has 1 N–H and O–H groups in total. The quantitative estimate of drug-likeness (QED) is 0.620. The van der Waals surface area contributed by atoms with E-state index in [1.807, 2.05) is 35.2 Å². The number of hydrogen-bond acceptors (Lipinski definition) is 5. The molecule has 8 nitrogen and oxygen atoms in total. The highest BCUT2D eigenvalue weighted by atomic mass is 35.5. The minimum atomic E-state index is -0.647. The molecule has 0 bridgehead atoms. The summed E-state index contributed by atoms with van der Waals surface area (Å²) in [6, 6.07) is 15.3. The van der Waals surface area contributed by atoms with Gasteiger partial charge >= 0.3 is 12.0 Å². The van der Waals surface area contributed by atoms with Crippen molar-refractivity contribution in [2.24, 2.45) is 0 Å². The maximum absolute atomic E-state index is 13.1. The number of carbonyl (C=O) groups excluding carboxylic acids is 3. The van der Waals surface area contributed by atoms with Crippen molar-refractivity contribution in [2.75, 3.05) is 46.4 Å². The van der Waals surface area contributed by atoms with Gasteiger partial charge in [-0.25, -0.2) is 9.59 Å². The van der Waals surface area contributed by atoms with Crippen LogP contribution in [-0.4, -0.2) is 79.0 Å². The Balaban J connectivity index is 1.57. The number of likely N-dealkylation sites (N-methyl/N-ethyl adjacent to an activating group) is 1. The first kappa shape index (κ1) is 24.8. The molecule has 2 heterocycles. The summed E-state index contributed by atoms with van der Waals surface area (Å²) in [6.45, 7) is 4.73. The van der Waals surface area contributed by atoms with Crippen LogP contribution in [-0.2, 0) is 9.53 Å². The molecular weight excluding hydrogens is 468 g/mol. The van der Waals surface area contributed by atoms with E-state index in [0.717, 1.165) is 5.56 Å². The molecule has 0 aliphatic carbocycles. The second kappa shape index (κ2) is 10.9. The van der Waals surface area contributed by atoms with Crippen LogP contribution in [0.1, 0.15) is 28.9 Å². The number of nitrogens with zero attached hydrogens (tertiary/aromatic N) is 3. The molecule has 4 rings (SSSR count). The molecule has 0 aromatic heterocycles. The number of hydrogen-bond donors (Lipinski definition) is 1. The van der Waals surface area contributed by atoms with Crippen molar-refractivity contribution >= 4 is 29.5 Å². The third-order valence-electron chi connectivity index (χ3n) is 6.33. The predicted octanol–water partition coefficient (Wildman–Crippen LogP) is 3.31. The maximum Gasteiger partial charge on any atom is 0.338 e. The van der Waals surface area contributed by atoms with Gasteiger partial charge in [-0.15, -0.1) is 0 Å². The maximum atomic E-state index is 13.1. The van der Waals surface area contributed by atoms with Crippen LogP contribution < -0.4 is 5.32 Å². The highest BCUT2D eigenvalue weighted by Gasteiger charge is 2.37. The van der Waals surface area contributed by atoms with Gasteiger partial charge in [-0.3, -0.25) is 14.6 Å². The summed E-state index contributed by atoms with van der Waals surface area (Å²) in [7, 11) is 1.65. The first-order valence-corrected chi connectivity index (χ1v) is 12.0. The van der Waals surface area contributed by atoms with Crippen LogP contribution in [0.15, 0.2) is 65.9 Å². The number of esters is 1. The zero-order chi connectivity index (χ0) is 24.9.